The summed E-state index contributed by atoms with van der Waals surface area (Å²) in [6.45, 7) is 3.14. The Balaban J connectivity index is 2.31. The Morgan fingerprint density at radius 1 is 1.60 bits per heavy atom. The maximum absolute atomic E-state index is 4.25. The van der Waals surface area contributed by atoms with Crippen LogP contribution in [0.25, 0.3) is 0 Å². The first-order valence-corrected chi connectivity index (χ1v) is 3.95. The van der Waals surface area contributed by atoms with E-state index in [1.807, 2.05) is 0 Å². The monoisotopic (exact) mass is 135 g/mol. The van der Waals surface area contributed by atoms with Crippen molar-refractivity contribution in [3.8, 4) is 11.8 Å². The summed E-state index contributed by atoms with van der Waals surface area (Å²) in [4.78, 5) is 4.25. The van der Waals surface area contributed by atoms with Crippen molar-refractivity contribution in [3.63, 3.8) is 0 Å². The van der Waals surface area contributed by atoms with Crippen LogP contribution in [0.5, 0.6) is 0 Å². The maximum atomic E-state index is 4.25. The highest BCUT2D eigenvalue weighted by molar-refractivity contribution is 6.01. The van der Waals surface area contributed by atoms with Crippen molar-refractivity contribution in [1.82, 2.24) is 0 Å². The first kappa shape index (κ1) is 7.34. The van der Waals surface area contributed by atoms with Crippen LogP contribution in [-0.2, 0) is 0 Å². The Labute approximate surface area is 62.5 Å². The Kier molecular flexibility index (Phi) is 3.02. The maximum Gasteiger partial charge on any atom is 0.0844 e. The van der Waals surface area contributed by atoms with E-state index in [4.69, 9.17) is 0 Å². The van der Waals surface area contributed by atoms with E-state index in [-0.39, 0.29) is 0 Å². The van der Waals surface area contributed by atoms with Gasteiger partial charge < -0.3 is 0 Å². The van der Waals surface area contributed by atoms with Crippen molar-refractivity contribution in [1.29, 1.82) is 0 Å². The Morgan fingerprint density at radius 3 is 3.10 bits per heavy atom. The van der Waals surface area contributed by atoms with Gasteiger partial charge in [0.05, 0.1) is 5.71 Å². The predicted octanol–water partition coefficient (Wildman–Crippen LogP) is 2.02. The lowest BCUT2D eigenvalue weighted by Gasteiger charge is -1.81. The van der Waals surface area contributed by atoms with Gasteiger partial charge in [0, 0.05) is 13.0 Å². The molecule has 0 radical (unpaired) electrons. The van der Waals surface area contributed by atoms with Gasteiger partial charge in [-0.3, -0.25) is 4.99 Å². The topological polar surface area (TPSA) is 12.4 Å². The first-order valence-electron chi connectivity index (χ1n) is 3.95. The second-order valence-electron chi connectivity index (χ2n) is 2.48. The van der Waals surface area contributed by atoms with E-state index >= 15 is 0 Å². The molecule has 0 aromatic heterocycles. The van der Waals surface area contributed by atoms with Crippen LogP contribution in [0.1, 0.15) is 32.6 Å². The standard InChI is InChI=1S/C9H13N/c1-2-3-4-6-9-7-5-8-10-9/h2-3,5,7-8H2,1H3. The van der Waals surface area contributed by atoms with Gasteiger partial charge in [-0.25, -0.2) is 0 Å². The molecule has 0 fully saturated rings. The summed E-state index contributed by atoms with van der Waals surface area (Å²) in [5, 5.41) is 0. The fourth-order valence-electron chi connectivity index (χ4n) is 0.931. The number of nitrogens with zero attached hydrogens (tertiary/aromatic N) is 1. The third-order valence-electron chi connectivity index (χ3n) is 1.48. The van der Waals surface area contributed by atoms with Crippen LogP contribution >= 0.6 is 0 Å². The predicted molar refractivity (Wildman–Crippen MR) is 44.2 cm³/mol. The molecule has 1 nitrogen and oxygen atoms in total. The van der Waals surface area contributed by atoms with Crippen LogP contribution in [-0.4, -0.2) is 12.3 Å². The van der Waals surface area contributed by atoms with Crippen LogP contribution in [0, 0.1) is 11.8 Å². The van der Waals surface area contributed by atoms with Gasteiger partial charge in [-0.15, -0.1) is 0 Å². The minimum Gasteiger partial charge on any atom is -0.281 e. The van der Waals surface area contributed by atoms with Gasteiger partial charge >= 0.3 is 0 Å². The van der Waals surface area contributed by atoms with Crippen LogP contribution < -0.4 is 0 Å². The van der Waals surface area contributed by atoms with Crippen LogP contribution in [0.3, 0.4) is 0 Å². The summed E-state index contributed by atoms with van der Waals surface area (Å²) in [5.74, 6) is 6.18. The molecule has 0 bridgehead atoms. The molecule has 0 aliphatic carbocycles. The van der Waals surface area contributed by atoms with E-state index in [1.54, 1.807) is 0 Å². The lowest BCUT2D eigenvalue weighted by Crippen LogP contribution is -1.84. The molecular weight excluding hydrogens is 122 g/mol. The molecule has 1 aliphatic rings. The number of rotatable bonds is 1. The quantitative estimate of drug-likeness (QED) is 0.488. The smallest absolute Gasteiger partial charge is 0.0844 e. The Hall–Kier alpha value is -0.770. The largest absolute Gasteiger partial charge is 0.281 e. The van der Waals surface area contributed by atoms with Crippen LogP contribution in [0.15, 0.2) is 4.99 Å². The molecule has 1 heteroatoms. The van der Waals surface area contributed by atoms with Crippen molar-refractivity contribution >= 4 is 5.71 Å². The molecule has 0 N–H and O–H groups in total. The number of hydrogen-bond donors (Lipinski definition) is 0. The lowest BCUT2D eigenvalue weighted by molar-refractivity contribution is 0.951. The van der Waals surface area contributed by atoms with E-state index in [2.05, 4.69) is 23.8 Å². The van der Waals surface area contributed by atoms with Gasteiger partial charge in [-0.2, -0.15) is 0 Å². The molecule has 0 amide bonds. The first-order chi connectivity index (χ1) is 4.93. The fourth-order valence-corrected chi connectivity index (χ4v) is 0.931. The van der Waals surface area contributed by atoms with Crippen molar-refractivity contribution in [2.45, 2.75) is 32.6 Å². The van der Waals surface area contributed by atoms with Crippen LogP contribution in [0.4, 0.5) is 0 Å². The van der Waals surface area contributed by atoms with Gasteiger partial charge in [0.2, 0.25) is 0 Å². The highest BCUT2D eigenvalue weighted by Gasteiger charge is 2.00. The molecule has 1 rings (SSSR count). The lowest BCUT2D eigenvalue weighted by atomic mass is 10.2. The summed E-state index contributed by atoms with van der Waals surface area (Å²) >= 11 is 0. The molecule has 0 saturated heterocycles. The average Bonchev–Trinajstić information content (AvgIpc) is 2.41. The third kappa shape index (κ3) is 2.23. The van der Waals surface area contributed by atoms with Crippen molar-refractivity contribution in [2.24, 2.45) is 4.99 Å². The van der Waals surface area contributed by atoms with E-state index in [1.165, 1.54) is 6.42 Å². The van der Waals surface area contributed by atoms with Gasteiger partial charge in [0.25, 0.3) is 0 Å². The second-order valence-corrected chi connectivity index (χ2v) is 2.48. The summed E-state index contributed by atoms with van der Waals surface area (Å²) in [5.41, 5.74) is 1.12. The molecule has 1 heterocycles. The SMILES string of the molecule is CCCC#CC1=NCCC1. The van der Waals surface area contributed by atoms with Gasteiger partial charge in [-0.1, -0.05) is 18.8 Å². The number of hydrogen-bond acceptors (Lipinski definition) is 1. The van der Waals surface area contributed by atoms with E-state index in [0.29, 0.717) is 0 Å². The van der Waals surface area contributed by atoms with Crippen LogP contribution in [0.2, 0.25) is 0 Å². The van der Waals surface area contributed by atoms with Crippen molar-refractivity contribution in [2.75, 3.05) is 6.54 Å². The summed E-state index contributed by atoms with van der Waals surface area (Å²) in [7, 11) is 0. The summed E-state index contributed by atoms with van der Waals surface area (Å²) < 4.78 is 0. The zero-order chi connectivity index (χ0) is 7.23. The molecular formula is C9H13N. The fraction of sp³-hybridized carbons (Fsp3) is 0.667. The van der Waals surface area contributed by atoms with Crippen molar-refractivity contribution < 1.29 is 0 Å². The summed E-state index contributed by atoms with van der Waals surface area (Å²) in [6.07, 6.45) is 4.48. The minimum absolute atomic E-state index is 0.996. The van der Waals surface area contributed by atoms with Gasteiger partial charge in [0.1, 0.15) is 0 Å². The molecule has 0 saturated carbocycles. The molecule has 0 aromatic carbocycles. The van der Waals surface area contributed by atoms with E-state index in [9.17, 15) is 0 Å². The highest BCUT2D eigenvalue weighted by Crippen LogP contribution is 2.02. The highest BCUT2D eigenvalue weighted by atomic mass is 14.8. The molecule has 0 spiro atoms. The minimum atomic E-state index is 0.996. The second kappa shape index (κ2) is 4.11. The molecule has 10 heavy (non-hydrogen) atoms. The van der Waals surface area contributed by atoms with Crippen molar-refractivity contribution in [3.05, 3.63) is 0 Å². The van der Waals surface area contributed by atoms with Gasteiger partial charge in [0.15, 0.2) is 0 Å². The number of unbranched alkanes of at least 4 members (excludes halogenated alkanes) is 1. The Bertz CT molecular complexity index is 181. The Morgan fingerprint density at radius 2 is 2.50 bits per heavy atom. The summed E-state index contributed by atoms with van der Waals surface area (Å²) in [6, 6.07) is 0. The molecule has 0 aromatic rings. The zero-order valence-electron chi connectivity index (χ0n) is 6.48. The zero-order valence-corrected chi connectivity index (χ0v) is 6.48. The molecule has 0 atom stereocenters. The average molecular weight is 135 g/mol. The third-order valence-corrected chi connectivity index (χ3v) is 1.48. The molecule has 0 unspecified atom stereocenters. The van der Waals surface area contributed by atoms with E-state index in [0.717, 1.165) is 31.5 Å². The van der Waals surface area contributed by atoms with Gasteiger partial charge in [-0.05, 0) is 19.3 Å². The number of aliphatic imine (C=N–C) groups is 1. The normalized spacial score (nSPS) is 15.9. The van der Waals surface area contributed by atoms with E-state index < -0.39 is 0 Å². The molecule has 1 aliphatic heterocycles. The molecule has 54 valence electrons.